The lowest BCUT2D eigenvalue weighted by Gasteiger charge is -2.15. The summed E-state index contributed by atoms with van der Waals surface area (Å²) < 4.78 is 11.1. The van der Waals surface area contributed by atoms with Gasteiger partial charge in [-0.25, -0.2) is 9.79 Å². The van der Waals surface area contributed by atoms with Crippen LogP contribution >= 0.6 is 11.8 Å². The van der Waals surface area contributed by atoms with Crippen molar-refractivity contribution in [2.45, 2.75) is 6.92 Å². The van der Waals surface area contributed by atoms with Crippen molar-refractivity contribution in [3.05, 3.63) is 89.3 Å². The molecule has 0 unspecified atom stereocenters. The van der Waals surface area contributed by atoms with E-state index in [9.17, 15) is 9.59 Å². The second kappa shape index (κ2) is 10.9. The monoisotopic (exact) mass is 487 g/mol. The molecule has 4 rings (SSSR count). The Labute approximate surface area is 208 Å². The van der Waals surface area contributed by atoms with Crippen LogP contribution in [0.3, 0.4) is 0 Å². The minimum absolute atomic E-state index is 0.169. The fraction of sp³-hybridized carbons (Fsp3) is 0.148. The van der Waals surface area contributed by atoms with Crippen molar-refractivity contribution in [3.63, 3.8) is 0 Å². The fourth-order valence-corrected chi connectivity index (χ4v) is 4.27. The van der Waals surface area contributed by atoms with Gasteiger partial charge in [0.15, 0.2) is 16.7 Å². The zero-order valence-corrected chi connectivity index (χ0v) is 20.5. The van der Waals surface area contributed by atoms with E-state index in [1.165, 1.54) is 16.7 Å². The molecule has 0 N–H and O–H groups in total. The highest BCUT2D eigenvalue weighted by Gasteiger charge is 2.34. The lowest BCUT2D eigenvalue weighted by molar-refractivity contribution is -0.113. The topological polar surface area (TPSA) is 71.4 Å². The molecule has 0 aliphatic carbocycles. The summed E-state index contributed by atoms with van der Waals surface area (Å²) in [6, 6.07) is 24.2. The smallest absolute Gasteiger partial charge is 0.414 e. The molecule has 2 amide bonds. The number of amides is 2. The van der Waals surface area contributed by atoms with E-state index in [0.717, 1.165) is 16.9 Å². The summed E-state index contributed by atoms with van der Waals surface area (Å²) in [7, 11) is 3.22. The van der Waals surface area contributed by atoms with E-state index in [4.69, 9.17) is 14.5 Å². The maximum absolute atomic E-state index is 13.5. The molecule has 3 aromatic carbocycles. The highest BCUT2D eigenvalue weighted by Crippen LogP contribution is 2.38. The van der Waals surface area contributed by atoms with Gasteiger partial charge in [-0.1, -0.05) is 42.5 Å². The average Bonchev–Trinajstić information content (AvgIpc) is 3.16. The normalized spacial score (nSPS) is 15.5. The summed E-state index contributed by atoms with van der Waals surface area (Å²) in [4.78, 5) is 33.7. The van der Waals surface area contributed by atoms with Crippen LogP contribution in [0.1, 0.15) is 12.5 Å². The Hall–Kier alpha value is -4.04. The summed E-state index contributed by atoms with van der Waals surface area (Å²) >= 11 is 1.30. The zero-order chi connectivity index (χ0) is 24.8. The molecule has 1 saturated heterocycles. The maximum atomic E-state index is 13.5. The first-order valence-electron chi connectivity index (χ1n) is 11.0. The van der Waals surface area contributed by atoms with Crippen LogP contribution in [0.4, 0.5) is 16.2 Å². The maximum Gasteiger partial charge on any atom is 0.414 e. The van der Waals surface area contributed by atoms with Crippen LogP contribution in [-0.4, -0.2) is 42.8 Å². The number of ether oxygens (including phenoxy) is 2. The van der Waals surface area contributed by atoms with Crippen molar-refractivity contribution in [1.29, 1.82) is 0 Å². The van der Waals surface area contributed by atoms with Gasteiger partial charge < -0.3 is 14.4 Å². The van der Waals surface area contributed by atoms with Crippen LogP contribution in [0.15, 0.2) is 88.8 Å². The van der Waals surface area contributed by atoms with Gasteiger partial charge in [-0.3, -0.25) is 9.69 Å². The molecule has 1 heterocycles. The van der Waals surface area contributed by atoms with Crippen LogP contribution in [0, 0.1) is 0 Å². The predicted octanol–water partition coefficient (Wildman–Crippen LogP) is 5.95. The SMILES string of the molecule is CCOc1cc(/C=C2\SC(=Nc3ccccc3)N(c3ccccc3)C2=O)ccc1OC(=O)N(C)C. The number of anilines is 1. The number of benzene rings is 3. The number of hydrogen-bond donors (Lipinski definition) is 0. The summed E-state index contributed by atoms with van der Waals surface area (Å²) in [6.07, 6.45) is 1.29. The Balaban J connectivity index is 1.70. The largest absolute Gasteiger partial charge is 0.490 e. The molecule has 7 nitrogen and oxygen atoms in total. The minimum Gasteiger partial charge on any atom is -0.490 e. The summed E-state index contributed by atoms with van der Waals surface area (Å²) in [5.41, 5.74) is 2.24. The number of rotatable bonds is 6. The Morgan fingerprint density at radius 1 is 1.00 bits per heavy atom. The van der Waals surface area contributed by atoms with Gasteiger partial charge in [0.05, 0.1) is 22.9 Å². The molecule has 0 bridgehead atoms. The molecule has 1 aliphatic rings. The first kappa shape index (κ1) is 24.1. The number of hydrogen-bond acceptors (Lipinski definition) is 6. The molecule has 1 fully saturated rings. The second-order valence-corrected chi connectivity index (χ2v) is 8.73. The van der Waals surface area contributed by atoms with Gasteiger partial charge in [0.25, 0.3) is 5.91 Å². The second-order valence-electron chi connectivity index (χ2n) is 7.72. The van der Waals surface area contributed by atoms with Crippen LogP contribution < -0.4 is 14.4 Å². The molecule has 0 aromatic heterocycles. The number of aliphatic imine (C=N–C) groups is 1. The van der Waals surface area contributed by atoms with Gasteiger partial charge in [0, 0.05) is 14.1 Å². The van der Waals surface area contributed by atoms with Crippen molar-refractivity contribution >= 4 is 46.4 Å². The molecule has 0 spiro atoms. The number of carbonyl (C=O) groups excluding carboxylic acids is 2. The van der Waals surface area contributed by atoms with E-state index in [1.54, 1.807) is 43.3 Å². The highest BCUT2D eigenvalue weighted by molar-refractivity contribution is 8.19. The van der Waals surface area contributed by atoms with Crippen LogP contribution in [0.2, 0.25) is 0 Å². The zero-order valence-electron chi connectivity index (χ0n) is 19.7. The number of amidine groups is 1. The molecule has 0 radical (unpaired) electrons. The molecule has 0 atom stereocenters. The average molecular weight is 488 g/mol. The van der Waals surface area contributed by atoms with Crippen molar-refractivity contribution in [1.82, 2.24) is 4.90 Å². The lowest BCUT2D eigenvalue weighted by Crippen LogP contribution is -2.28. The Bertz CT molecular complexity index is 1270. The first-order chi connectivity index (χ1) is 17.0. The number of carbonyl (C=O) groups is 2. The molecule has 8 heteroatoms. The fourth-order valence-electron chi connectivity index (χ4n) is 3.27. The van der Waals surface area contributed by atoms with Gasteiger partial charge in [-0.05, 0) is 66.7 Å². The van der Waals surface area contributed by atoms with Crippen LogP contribution in [-0.2, 0) is 4.79 Å². The number of thioether (sulfide) groups is 1. The highest BCUT2D eigenvalue weighted by atomic mass is 32.2. The molecular weight excluding hydrogens is 462 g/mol. The molecule has 0 saturated carbocycles. The van der Waals surface area contributed by atoms with Gasteiger partial charge in [-0.15, -0.1) is 0 Å². The summed E-state index contributed by atoms with van der Waals surface area (Å²) in [5, 5.41) is 0.570. The third-order valence-corrected chi connectivity index (χ3v) is 5.90. The molecule has 178 valence electrons. The number of para-hydroxylation sites is 2. The Morgan fingerprint density at radius 2 is 1.69 bits per heavy atom. The van der Waals surface area contributed by atoms with E-state index in [2.05, 4.69) is 0 Å². The van der Waals surface area contributed by atoms with E-state index in [-0.39, 0.29) is 5.91 Å². The lowest BCUT2D eigenvalue weighted by atomic mass is 10.1. The molecule has 1 aliphatic heterocycles. The van der Waals surface area contributed by atoms with Gasteiger partial charge >= 0.3 is 6.09 Å². The van der Waals surface area contributed by atoms with E-state index in [0.29, 0.717) is 28.2 Å². The van der Waals surface area contributed by atoms with Crippen molar-refractivity contribution in [3.8, 4) is 11.5 Å². The Kier molecular flexibility index (Phi) is 7.52. The summed E-state index contributed by atoms with van der Waals surface area (Å²) in [6.45, 7) is 2.25. The first-order valence-corrected chi connectivity index (χ1v) is 11.9. The van der Waals surface area contributed by atoms with Crippen LogP contribution in [0.5, 0.6) is 11.5 Å². The Morgan fingerprint density at radius 3 is 2.34 bits per heavy atom. The van der Waals surface area contributed by atoms with E-state index < -0.39 is 6.09 Å². The quantitative estimate of drug-likeness (QED) is 0.402. The van der Waals surface area contributed by atoms with E-state index >= 15 is 0 Å². The molecule has 3 aromatic rings. The van der Waals surface area contributed by atoms with Crippen molar-refractivity contribution in [2.75, 3.05) is 25.6 Å². The predicted molar refractivity (Wildman–Crippen MR) is 140 cm³/mol. The van der Waals surface area contributed by atoms with Crippen LogP contribution in [0.25, 0.3) is 6.08 Å². The summed E-state index contributed by atoms with van der Waals surface area (Å²) in [5.74, 6) is 0.567. The molecular formula is C27H25N3O4S. The van der Waals surface area contributed by atoms with Gasteiger partial charge in [0.2, 0.25) is 0 Å². The van der Waals surface area contributed by atoms with Crippen molar-refractivity contribution < 1.29 is 19.1 Å². The van der Waals surface area contributed by atoms with Gasteiger partial charge in [-0.2, -0.15) is 0 Å². The minimum atomic E-state index is -0.501. The van der Waals surface area contributed by atoms with Gasteiger partial charge in [0.1, 0.15) is 0 Å². The third-order valence-electron chi connectivity index (χ3n) is 4.93. The standard InChI is InChI=1S/C27H25N3O4S/c1-4-33-23-17-19(15-16-22(23)34-27(32)29(2)3)18-24-25(31)30(21-13-9-6-10-14-21)26(35-24)28-20-11-7-5-8-12-20/h5-18H,4H2,1-3H3/b24-18-,28-26?. The van der Waals surface area contributed by atoms with E-state index in [1.807, 2.05) is 67.6 Å². The van der Waals surface area contributed by atoms with Crippen molar-refractivity contribution in [2.24, 2.45) is 4.99 Å². The molecule has 35 heavy (non-hydrogen) atoms. The third kappa shape index (κ3) is 5.73. The number of nitrogens with zero attached hydrogens (tertiary/aromatic N) is 3.